The summed E-state index contributed by atoms with van der Waals surface area (Å²) in [5, 5.41) is 11.9. The standard InChI is InChI=1S/C19H19BrN2O5/c20-16-6-5-15(27-16)19(26)21-11-17(24)22-9-7-13(8-10-22)18(25)12-1-3-14(23)4-2-12/h1-6,13,23H,7-11H2,(H,21,26). The molecule has 0 aliphatic carbocycles. The molecule has 3 rings (SSSR count). The van der Waals surface area contributed by atoms with Crippen LogP contribution in [0.15, 0.2) is 45.5 Å². The van der Waals surface area contributed by atoms with Gasteiger partial charge in [0.05, 0.1) is 6.54 Å². The van der Waals surface area contributed by atoms with Crippen molar-refractivity contribution in [1.29, 1.82) is 0 Å². The topological polar surface area (TPSA) is 99.9 Å². The summed E-state index contributed by atoms with van der Waals surface area (Å²) in [6.07, 6.45) is 1.15. The number of nitrogens with zero attached hydrogens (tertiary/aromatic N) is 1. The summed E-state index contributed by atoms with van der Waals surface area (Å²) in [6, 6.07) is 9.32. The van der Waals surface area contributed by atoms with Crippen molar-refractivity contribution in [2.45, 2.75) is 12.8 Å². The van der Waals surface area contributed by atoms with Crippen molar-refractivity contribution >= 4 is 33.5 Å². The average Bonchev–Trinajstić information content (AvgIpc) is 3.12. The van der Waals surface area contributed by atoms with Gasteiger partial charge in [0.15, 0.2) is 16.2 Å². The third-order valence-electron chi connectivity index (χ3n) is 4.57. The summed E-state index contributed by atoms with van der Waals surface area (Å²) in [7, 11) is 0. The molecule has 0 unspecified atom stereocenters. The molecule has 2 N–H and O–H groups in total. The van der Waals surface area contributed by atoms with Crippen molar-refractivity contribution in [3.05, 3.63) is 52.4 Å². The summed E-state index contributed by atoms with van der Waals surface area (Å²) >= 11 is 3.12. The molecular weight excluding hydrogens is 416 g/mol. The molecule has 1 aliphatic heterocycles. The van der Waals surface area contributed by atoms with Crippen molar-refractivity contribution < 1.29 is 23.9 Å². The Balaban J connectivity index is 1.47. The van der Waals surface area contributed by atoms with Gasteiger partial charge in [0.1, 0.15) is 5.75 Å². The number of ketones is 1. The Hall–Kier alpha value is -2.61. The molecule has 0 saturated carbocycles. The number of nitrogens with one attached hydrogen (secondary N) is 1. The van der Waals surface area contributed by atoms with E-state index in [0.717, 1.165) is 0 Å². The molecule has 1 fully saturated rings. The van der Waals surface area contributed by atoms with Crippen LogP contribution in [0, 0.1) is 5.92 Å². The lowest BCUT2D eigenvalue weighted by Crippen LogP contribution is -2.45. The number of amides is 2. The maximum absolute atomic E-state index is 12.5. The number of hydrogen-bond acceptors (Lipinski definition) is 5. The average molecular weight is 435 g/mol. The predicted molar refractivity (Wildman–Crippen MR) is 100 cm³/mol. The van der Waals surface area contributed by atoms with Gasteiger partial charge < -0.3 is 19.7 Å². The number of piperidine rings is 1. The second kappa shape index (κ2) is 8.39. The van der Waals surface area contributed by atoms with Crippen molar-refractivity contribution in [2.24, 2.45) is 5.92 Å². The van der Waals surface area contributed by atoms with Gasteiger partial charge >= 0.3 is 0 Å². The lowest BCUT2D eigenvalue weighted by Gasteiger charge is -2.31. The zero-order valence-electron chi connectivity index (χ0n) is 14.5. The number of rotatable bonds is 5. The molecule has 0 spiro atoms. The smallest absolute Gasteiger partial charge is 0.287 e. The van der Waals surface area contributed by atoms with Crippen LogP contribution in [-0.2, 0) is 4.79 Å². The first-order valence-electron chi connectivity index (χ1n) is 8.58. The molecule has 8 heteroatoms. The minimum atomic E-state index is -0.452. The number of halogens is 1. The second-order valence-corrected chi connectivity index (χ2v) is 7.13. The van der Waals surface area contributed by atoms with Gasteiger partial charge in [-0.15, -0.1) is 0 Å². The molecular formula is C19H19BrN2O5. The van der Waals surface area contributed by atoms with Gasteiger partial charge in [-0.3, -0.25) is 14.4 Å². The lowest BCUT2D eigenvalue weighted by molar-refractivity contribution is -0.131. The Bertz CT molecular complexity index is 838. The Kier molecular flexibility index (Phi) is 5.95. The fourth-order valence-corrected chi connectivity index (χ4v) is 3.35. The summed E-state index contributed by atoms with van der Waals surface area (Å²) < 4.78 is 5.58. The fraction of sp³-hybridized carbons (Fsp3) is 0.316. The van der Waals surface area contributed by atoms with E-state index in [1.807, 2.05) is 0 Å². The zero-order chi connectivity index (χ0) is 19.4. The summed E-state index contributed by atoms with van der Waals surface area (Å²) in [5.74, 6) is -0.507. The molecule has 0 bridgehead atoms. The van der Waals surface area contributed by atoms with Crippen molar-refractivity contribution in [2.75, 3.05) is 19.6 Å². The Morgan fingerprint density at radius 2 is 1.78 bits per heavy atom. The first-order chi connectivity index (χ1) is 12.9. The molecule has 2 aromatic rings. The van der Waals surface area contributed by atoms with E-state index < -0.39 is 5.91 Å². The van der Waals surface area contributed by atoms with E-state index in [-0.39, 0.29) is 35.7 Å². The number of carbonyl (C=O) groups is 3. The van der Waals surface area contributed by atoms with Gasteiger partial charge in [0.25, 0.3) is 5.91 Å². The number of furan rings is 1. The molecule has 1 aliphatic rings. The molecule has 1 saturated heterocycles. The number of carbonyl (C=O) groups excluding carboxylic acids is 3. The highest BCUT2D eigenvalue weighted by Crippen LogP contribution is 2.23. The van der Waals surface area contributed by atoms with Gasteiger partial charge in [0.2, 0.25) is 5.91 Å². The Labute approximate surface area is 164 Å². The molecule has 1 aromatic carbocycles. The van der Waals surface area contributed by atoms with E-state index in [2.05, 4.69) is 21.2 Å². The number of phenols is 1. The van der Waals surface area contributed by atoms with Crippen LogP contribution in [0.5, 0.6) is 5.75 Å². The predicted octanol–water partition coefficient (Wildman–Crippen LogP) is 2.60. The first kappa shape index (κ1) is 19.2. The van der Waals surface area contributed by atoms with E-state index in [0.29, 0.717) is 36.2 Å². The number of Topliss-reactive ketones (excluding diaryl/α,β-unsaturated/α-hetero) is 1. The Morgan fingerprint density at radius 1 is 1.11 bits per heavy atom. The maximum Gasteiger partial charge on any atom is 0.287 e. The summed E-state index contributed by atoms with van der Waals surface area (Å²) in [4.78, 5) is 38.3. The van der Waals surface area contributed by atoms with Crippen LogP contribution in [0.25, 0.3) is 0 Å². The molecule has 27 heavy (non-hydrogen) atoms. The number of phenolic OH excluding ortho intramolecular Hbond substituents is 1. The Morgan fingerprint density at radius 3 is 2.37 bits per heavy atom. The highest BCUT2D eigenvalue weighted by atomic mass is 79.9. The lowest BCUT2D eigenvalue weighted by atomic mass is 9.89. The third kappa shape index (κ3) is 4.77. The highest BCUT2D eigenvalue weighted by Gasteiger charge is 2.28. The summed E-state index contributed by atoms with van der Waals surface area (Å²) in [5.41, 5.74) is 0.564. The van der Waals surface area contributed by atoms with Gasteiger partial charge in [-0.1, -0.05) is 0 Å². The van der Waals surface area contributed by atoms with Crippen LogP contribution in [0.2, 0.25) is 0 Å². The molecule has 2 heterocycles. The van der Waals surface area contributed by atoms with Crippen molar-refractivity contribution in [3.8, 4) is 5.75 Å². The number of benzene rings is 1. The number of likely N-dealkylation sites (tertiary alicyclic amines) is 1. The summed E-state index contributed by atoms with van der Waals surface area (Å²) in [6.45, 7) is 0.818. The SMILES string of the molecule is O=C(NCC(=O)N1CCC(C(=O)c2ccc(O)cc2)CC1)c1ccc(Br)o1. The van der Waals surface area contributed by atoms with E-state index in [9.17, 15) is 19.5 Å². The van der Waals surface area contributed by atoms with Gasteiger partial charge in [-0.2, -0.15) is 0 Å². The minimum Gasteiger partial charge on any atom is -0.508 e. The third-order valence-corrected chi connectivity index (χ3v) is 4.99. The van der Waals surface area contributed by atoms with E-state index in [1.165, 1.54) is 18.2 Å². The largest absolute Gasteiger partial charge is 0.508 e. The molecule has 0 atom stereocenters. The van der Waals surface area contributed by atoms with Crippen LogP contribution in [-0.4, -0.2) is 47.2 Å². The van der Waals surface area contributed by atoms with Gasteiger partial charge in [-0.05, 0) is 65.2 Å². The van der Waals surface area contributed by atoms with Crippen LogP contribution < -0.4 is 5.32 Å². The zero-order valence-corrected chi connectivity index (χ0v) is 16.1. The fourth-order valence-electron chi connectivity index (χ4n) is 3.04. The van der Waals surface area contributed by atoms with Crippen LogP contribution in [0.1, 0.15) is 33.8 Å². The minimum absolute atomic E-state index is 0.0267. The molecule has 1 aromatic heterocycles. The van der Waals surface area contributed by atoms with Gasteiger partial charge in [-0.25, -0.2) is 0 Å². The van der Waals surface area contributed by atoms with E-state index >= 15 is 0 Å². The number of hydrogen-bond donors (Lipinski definition) is 2. The number of aromatic hydroxyl groups is 1. The maximum atomic E-state index is 12.5. The van der Waals surface area contributed by atoms with E-state index in [4.69, 9.17) is 4.42 Å². The van der Waals surface area contributed by atoms with E-state index in [1.54, 1.807) is 23.1 Å². The normalized spacial score (nSPS) is 14.8. The van der Waals surface area contributed by atoms with Gasteiger partial charge in [0, 0.05) is 24.6 Å². The van der Waals surface area contributed by atoms with Crippen molar-refractivity contribution in [1.82, 2.24) is 10.2 Å². The quantitative estimate of drug-likeness (QED) is 0.704. The first-order valence-corrected chi connectivity index (χ1v) is 9.38. The highest BCUT2D eigenvalue weighted by molar-refractivity contribution is 9.10. The molecule has 0 radical (unpaired) electrons. The second-order valence-electron chi connectivity index (χ2n) is 6.35. The van der Waals surface area contributed by atoms with Crippen LogP contribution >= 0.6 is 15.9 Å². The molecule has 2 amide bonds. The molecule has 7 nitrogen and oxygen atoms in total. The monoisotopic (exact) mass is 434 g/mol. The molecule has 142 valence electrons. The van der Waals surface area contributed by atoms with Crippen LogP contribution in [0.4, 0.5) is 0 Å². The van der Waals surface area contributed by atoms with Crippen LogP contribution in [0.3, 0.4) is 0 Å². The van der Waals surface area contributed by atoms with Crippen molar-refractivity contribution in [3.63, 3.8) is 0 Å².